The predicted octanol–water partition coefficient (Wildman–Crippen LogP) is 2.97. The fourth-order valence-electron chi connectivity index (χ4n) is 2.04. The first-order chi connectivity index (χ1) is 7.63. The largest absolute Gasteiger partial charge is 0.367 e. The van der Waals surface area contributed by atoms with Gasteiger partial charge in [-0.05, 0) is 38.3 Å². The quantitative estimate of drug-likeness (QED) is 0.719. The lowest BCUT2D eigenvalue weighted by Gasteiger charge is -2.32. The first-order valence-electron chi connectivity index (χ1n) is 5.57. The minimum absolute atomic E-state index is 0.131. The molecule has 1 fully saturated rings. The van der Waals surface area contributed by atoms with Gasteiger partial charge in [0.1, 0.15) is 11.4 Å². The van der Waals surface area contributed by atoms with Crippen LogP contribution in [0.2, 0.25) is 0 Å². The summed E-state index contributed by atoms with van der Waals surface area (Å²) in [6, 6.07) is 6.07. The van der Waals surface area contributed by atoms with Crippen molar-refractivity contribution in [2.45, 2.75) is 31.8 Å². The van der Waals surface area contributed by atoms with Crippen molar-refractivity contribution in [3.63, 3.8) is 0 Å². The van der Waals surface area contributed by atoms with Crippen LogP contribution in [0.15, 0.2) is 24.3 Å². The zero-order valence-corrected chi connectivity index (χ0v) is 9.33. The molecule has 3 heteroatoms. The van der Waals surface area contributed by atoms with Gasteiger partial charge in [-0.2, -0.15) is 0 Å². The van der Waals surface area contributed by atoms with E-state index in [4.69, 9.17) is 4.74 Å². The molecule has 0 amide bonds. The minimum atomic E-state index is -0.847. The third kappa shape index (κ3) is 2.00. The van der Waals surface area contributed by atoms with Crippen LogP contribution in [-0.4, -0.2) is 18.0 Å². The second-order valence-corrected chi connectivity index (χ2v) is 4.35. The summed E-state index contributed by atoms with van der Waals surface area (Å²) in [4.78, 5) is 12.2. The van der Waals surface area contributed by atoms with Gasteiger partial charge in [0, 0.05) is 6.61 Å². The molecule has 0 N–H and O–H groups in total. The van der Waals surface area contributed by atoms with E-state index in [1.165, 1.54) is 12.1 Å². The molecule has 0 aromatic heterocycles. The van der Waals surface area contributed by atoms with Gasteiger partial charge in [-0.25, -0.2) is 4.39 Å². The van der Waals surface area contributed by atoms with Crippen molar-refractivity contribution in [2.75, 3.05) is 6.61 Å². The lowest BCUT2D eigenvalue weighted by atomic mass is 9.87. The Morgan fingerprint density at radius 2 is 2.12 bits per heavy atom. The number of carbonyl (C=O) groups is 1. The van der Waals surface area contributed by atoms with Crippen molar-refractivity contribution in [1.82, 2.24) is 0 Å². The van der Waals surface area contributed by atoms with Gasteiger partial charge in [0.15, 0.2) is 5.78 Å². The monoisotopic (exact) mass is 222 g/mol. The van der Waals surface area contributed by atoms with Crippen LogP contribution in [0.1, 0.15) is 36.5 Å². The van der Waals surface area contributed by atoms with Crippen LogP contribution in [0.25, 0.3) is 0 Å². The van der Waals surface area contributed by atoms with Gasteiger partial charge < -0.3 is 4.74 Å². The topological polar surface area (TPSA) is 26.3 Å². The number of benzene rings is 1. The van der Waals surface area contributed by atoms with E-state index in [2.05, 4.69) is 0 Å². The molecule has 1 aromatic rings. The number of hydrogen-bond acceptors (Lipinski definition) is 2. The molecule has 86 valence electrons. The van der Waals surface area contributed by atoms with Crippen LogP contribution in [0.4, 0.5) is 4.39 Å². The first-order valence-corrected chi connectivity index (χ1v) is 5.57. The molecule has 1 atom stereocenters. The Bertz CT molecular complexity index is 395. The van der Waals surface area contributed by atoms with Crippen LogP contribution in [-0.2, 0) is 4.74 Å². The molecule has 2 nitrogen and oxygen atoms in total. The lowest BCUT2D eigenvalue weighted by molar-refractivity contribution is -0.0428. The van der Waals surface area contributed by atoms with Crippen molar-refractivity contribution in [3.8, 4) is 0 Å². The number of hydrogen-bond donors (Lipinski definition) is 0. The molecule has 2 rings (SSSR count). The van der Waals surface area contributed by atoms with E-state index in [-0.39, 0.29) is 11.3 Å². The Kier molecular flexibility index (Phi) is 3.06. The molecular weight excluding hydrogens is 207 g/mol. The third-order valence-electron chi connectivity index (χ3n) is 3.07. The summed E-state index contributed by atoms with van der Waals surface area (Å²) >= 11 is 0. The average molecular weight is 222 g/mol. The number of carbonyl (C=O) groups excluding carboxylic acids is 1. The summed E-state index contributed by atoms with van der Waals surface area (Å²) in [5.41, 5.74) is -0.715. The fraction of sp³-hybridized carbons (Fsp3) is 0.462. The molecule has 0 aliphatic carbocycles. The molecule has 1 aliphatic heterocycles. The highest BCUT2D eigenvalue weighted by molar-refractivity contribution is 6.02. The first kappa shape index (κ1) is 11.3. The van der Waals surface area contributed by atoms with Crippen molar-refractivity contribution in [2.24, 2.45) is 0 Å². The minimum Gasteiger partial charge on any atom is -0.367 e. The maximum absolute atomic E-state index is 13.5. The van der Waals surface area contributed by atoms with Crippen molar-refractivity contribution in [1.29, 1.82) is 0 Å². The van der Waals surface area contributed by atoms with E-state index in [1.54, 1.807) is 19.1 Å². The van der Waals surface area contributed by atoms with E-state index in [1.807, 2.05) is 0 Å². The van der Waals surface area contributed by atoms with Crippen LogP contribution in [0.5, 0.6) is 0 Å². The molecule has 0 spiro atoms. The second-order valence-electron chi connectivity index (χ2n) is 4.35. The standard InChI is InChI=1S/C13H15FO2/c1-13(8-4-5-9-16-13)12(15)10-6-2-3-7-11(10)14/h2-3,6-7H,4-5,8-9H2,1H3. The smallest absolute Gasteiger partial charge is 0.197 e. The average Bonchev–Trinajstić information content (AvgIpc) is 2.30. The fourth-order valence-corrected chi connectivity index (χ4v) is 2.04. The molecule has 1 unspecified atom stereocenters. The van der Waals surface area contributed by atoms with Gasteiger partial charge >= 0.3 is 0 Å². The molecular formula is C13H15FO2. The third-order valence-corrected chi connectivity index (χ3v) is 3.07. The van der Waals surface area contributed by atoms with Gasteiger partial charge in [-0.3, -0.25) is 4.79 Å². The SMILES string of the molecule is CC1(C(=O)c2ccccc2F)CCCCO1. The number of Topliss-reactive ketones (excluding diaryl/α,β-unsaturated/α-hetero) is 1. The van der Waals surface area contributed by atoms with Gasteiger partial charge in [-0.15, -0.1) is 0 Å². The Morgan fingerprint density at radius 3 is 2.75 bits per heavy atom. The molecule has 1 saturated heterocycles. The normalized spacial score (nSPS) is 25.4. The predicted molar refractivity (Wildman–Crippen MR) is 58.9 cm³/mol. The molecule has 1 aliphatic rings. The highest BCUT2D eigenvalue weighted by Crippen LogP contribution is 2.28. The Labute approximate surface area is 94.4 Å². The lowest BCUT2D eigenvalue weighted by Crippen LogP contribution is -2.41. The molecule has 0 bridgehead atoms. The van der Waals surface area contributed by atoms with E-state index in [0.29, 0.717) is 13.0 Å². The van der Waals surface area contributed by atoms with Crippen LogP contribution in [0.3, 0.4) is 0 Å². The number of ether oxygens (including phenoxy) is 1. The van der Waals surface area contributed by atoms with Gasteiger partial charge in [0.2, 0.25) is 0 Å². The molecule has 0 radical (unpaired) electrons. The Hall–Kier alpha value is -1.22. The Morgan fingerprint density at radius 1 is 1.38 bits per heavy atom. The van der Waals surface area contributed by atoms with Gasteiger partial charge in [0.05, 0.1) is 5.56 Å². The zero-order valence-electron chi connectivity index (χ0n) is 9.33. The summed E-state index contributed by atoms with van der Waals surface area (Å²) in [6.45, 7) is 2.33. The van der Waals surface area contributed by atoms with Crippen LogP contribution < -0.4 is 0 Å². The summed E-state index contributed by atoms with van der Waals surface area (Å²) < 4.78 is 19.0. The van der Waals surface area contributed by atoms with E-state index >= 15 is 0 Å². The number of halogens is 1. The van der Waals surface area contributed by atoms with E-state index in [9.17, 15) is 9.18 Å². The summed E-state index contributed by atoms with van der Waals surface area (Å²) in [5, 5.41) is 0. The van der Waals surface area contributed by atoms with Crippen molar-refractivity contribution < 1.29 is 13.9 Å². The summed E-state index contributed by atoms with van der Waals surface area (Å²) in [6.07, 6.45) is 2.59. The Balaban J connectivity index is 2.28. The molecule has 1 heterocycles. The van der Waals surface area contributed by atoms with Gasteiger partial charge in [0.25, 0.3) is 0 Å². The van der Waals surface area contributed by atoms with E-state index < -0.39 is 11.4 Å². The van der Waals surface area contributed by atoms with Crippen molar-refractivity contribution >= 4 is 5.78 Å². The zero-order chi connectivity index (χ0) is 11.6. The van der Waals surface area contributed by atoms with E-state index in [0.717, 1.165) is 12.8 Å². The van der Waals surface area contributed by atoms with Gasteiger partial charge in [-0.1, -0.05) is 12.1 Å². The maximum atomic E-state index is 13.5. The maximum Gasteiger partial charge on any atom is 0.197 e. The second kappa shape index (κ2) is 4.34. The van der Waals surface area contributed by atoms with Crippen LogP contribution >= 0.6 is 0 Å². The van der Waals surface area contributed by atoms with Crippen molar-refractivity contribution in [3.05, 3.63) is 35.6 Å². The number of ketones is 1. The highest BCUT2D eigenvalue weighted by atomic mass is 19.1. The highest BCUT2D eigenvalue weighted by Gasteiger charge is 2.37. The number of rotatable bonds is 2. The molecule has 0 saturated carbocycles. The molecule has 16 heavy (non-hydrogen) atoms. The summed E-state index contributed by atoms with van der Waals surface area (Å²) in [7, 11) is 0. The van der Waals surface area contributed by atoms with Crippen LogP contribution in [0, 0.1) is 5.82 Å². The molecule has 1 aromatic carbocycles. The summed E-state index contributed by atoms with van der Waals surface area (Å²) in [5.74, 6) is -0.715.